The Morgan fingerprint density at radius 1 is 0.394 bits per heavy atom. The van der Waals surface area contributed by atoms with Crippen LogP contribution in [-0.4, -0.2) is 19.8 Å². The summed E-state index contributed by atoms with van der Waals surface area (Å²) in [7, 11) is 0. The third-order valence-electron chi connectivity index (χ3n) is 5.42. The quantitative estimate of drug-likeness (QED) is 0.266. The van der Waals surface area contributed by atoms with Crippen LogP contribution in [0.3, 0.4) is 0 Å². The minimum absolute atomic E-state index is 0.529. The summed E-state index contributed by atoms with van der Waals surface area (Å²) in [5, 5.41) is 0. The smallest absolute Gasteiger partial charge is 0.142 e. The Hall–Kier alpha value is -3.72. The van der Waals surface area contributed by atoms with Crippen molar-refractivity contribution in [3.63, 3.8) is 0 Å². The summed E-state index contributed by atoms with van der Waals surface area (Å²) in [6, 6.07) is 30.9. The Bertz CT molecular complexity index is 997. The van der Waals surface area contributed by atoms with Crippen molar-refractivity contribution in [2.45, 2.75) is 20.8 Å². The summed E-state index contributed by atoms with van der Waals surface area (Å²) < 4.78 is 19.1. The Morgan fingerprint density at radius 3 is 0.848 bits per heavy atom. The lowest BCUT2D eigenvalue weighted by atomic mass is 9.89. The van der Waals surface area contributed by atoms with Crippen molar-refractivity contribution in [1.29, 1.82) is 0 Å². The van der Waals surface area contributed by atoms with E-state index in [0.717, 1.165) is 50.6 Å². The van der Waals surface area contributed by atoms with Crippen molar-refractivity contribution in [2.75, 3.05) is 19.8 Å². The van der Waals surface area contributed by atoms with E-state index >= 15 is 0 Å². The predicted molar refractivity (Wildman–Crippen MR) is 136 cm³/mol. The van der Waals surface area contributed by atoms with Crippen LogP contribution >= 0.6 is 0 Å². The first kappa shape index (κ1) is 22.5. The molecule has 168 valence electrons. The van der Waals surface area contributed by atoms with E-state index in [1.165, 1.54) is 0 Å². The highest BCUT2D eigenvalue weighted by Gasteiger charge is 2.29. The molecular weight excluding hydrogens is 408 g/mol. The minimum atomic E-state index is 0.529. The minimum Gasteiger partial charge on any atom is -0.492 e. The maximum atomic E-state index is 6.38. The summed E-state index contributed by atoms with van der Waals surface area (Å²) in [4.78, 5) is 0. The van der Waals surface area contributed by atoms with E-state index in [-0.39, 0.29) is 0 Å². The molecule has 0 heterocycles. The molecule has 3 heteroatoms. The zero-order chi connectivity index (χ0) is 23.0. The van der Waals surface area contributed by atoms with E-state index in [4.69, 9.17) is 14.2 Å². The third-order valence-corrected chi connectivity index (χ3v) is 5.42. The second kappa shape index (κ2) is 10.7. The molecule has 4 aromatic rings. The highest BCUT2D eigenvalue weighted by atomic mass is 16.5. The molecule has 0 saturated heterocycles. The lowest BCUT2D eigenvalue weighted by molar-refractivity contribution is 0.313. The molecule has 0 atom stereocenters. The molecule has 4 rings (SSSR count). The van der Waals surface area contributed by atoms with Crippen molar-refractivity contribution in [3.05, 3.63) is 91.0 Å². The fourth-order valence-corrected chi connectivity index (χ4v) is 4.15. The average Bonchev–Trinajstić information content (AvgIpc) is 2.86. The van der Waals surface area contributed by atoms with Crippen molar-refractivity contribution < 1.29 is 14.2 Å². The van der Waals surface area contributed by atoms with Crippen LogP contribution in [0.15, 0.2) is 91.0 Å². The number of rotatable bonds is 9. The molecule has 0 fully saturated rings. The SMILES string of the molecule is CCOc1c(-c2ccccc2)c(OCC)c(-c2ccccc2)c(OCC)c1-c1ccccc1. The van der Waals surface area contributed by atoms with E-state index in [2.05, 4.69) is 36.4 Å². The normalized spacial score (nSPS) is 10.6. The van der Waals surface area contributed by atoms with E-state index in [0.29, 0.717) is 19.8 Å². The second-order valence-corrected chi connectivity index (χ2v) is 7.51. The topological polar surface area (TPSA) is 27.7 Å². The Balaban J connectivity index is 2.22. The van der Waals surface area contributed by atoms with Crippen molar-refractivity contribution >= 4 is 0 Å². The maximum absolute atomic E-state index is 6.38. The standard InChI is InChI=1S/C30H30O3/c1-4-31-28-25(22-16-10-7-11-17-22)29(32-5-2)27(24-20-14-9-15-21-24)30(33-6-3)26(28)23-18-12-8-13-19-23/h7-21H,4-6H2,1-3H3. The fraction of sp³-hybridized carbons (Fsp3) is 0.200. The number of ether oxygens (including phenoxy) is 3. The van der Waals surface area contributed by atoms with Gasteiger partial charge < -0.3 is 14.2 Å². The Morgan fingerprint density at radius 2 is 0.636 bits per heavy atom. The van der Waals surface area contributed by atoms with Gasteiger partial charge >= 0.3 is 0 Å². The van der Waals surface area contributed by atoms with Crippen LogP contribution in [0.2, 0.25) is 0 Å². The summed E-state index contributed by atoms with van der Waals surface area (Å²) in [6.07, 6.45) is 0. The maximum Gasteiger partial charge on any atom is 0.142 e. The number of benzene rings is 4. The van der Waals surface area contributed by atoms with Gasteiger partial charge in [0.2, 0.25) is 0 Å². The van der Waals surface area contributed by atoms with Gasteiger partial charge in [0.05, 0.1) is 36.5 Å². The van der Waals surface area contributed by atoms with Crippen LogP contribution < -0.4 is 14.2 Å². The Labute approximate surface area is 196 Å². The number of hydrogen-bond acceptors (Lipinski definition) is 3. The predicted octanol–water partition coefficient (Wildman–Crippen LogP) is 7.88. The van der Waals surface area contributed by atoms with Gasteiger partial charge in [-0.1, -0.05) is 91.0 Å². The molecule has 0 bridgehead atoms. The molecule has 4 aromatic carbocycles. The van der Waals surface area contributed by atoms with Crippen molar-refractivity contribution in [2.24, 2.45) is 0 Å². The highest BCUT2D eigenvalue weighted by Crippen LogP contribution is 2.56. The van der Waals surface area contributed by atoms with E-state index in [1.54, 1.807) is 0 Å². The lowest BCUT2D eigenvalue weighted by Crippen LogP contribution is -2.07. The van der Waals surface area contributed by atoms with Gasteiger partial charge in [-0.3, -0.25) is 0 Å². The first-order valence-corrected chi connectivity index (χ1v) is 11.6. The highest BCUT2D eigenvalue weighted by molar-refractivity contribution is 5.99. The zero-order valence-corrected chi connectivity index (χ0v) is 19.5. The van der Waals surface area contributed by atoms with Crippen molar-refractivity contribution in [3.8, 4) is 50.6 Å². The van der Waals surface area contributed by atoms with Crippen LogP contribution in [-0.2, 0) is 0 Å². The van der Waals surface area contributed by atoms with Gasteiger partial charge in [0, 0.05) is 0 Å². The molecule has 0 radical (unpaired) electrons. The van der Waals surface area contributed by atoms with Gasteiger partial charge in [0.25, 0.3) is 0 Å². The molecule has 0 aliphatic carbocycles. The van der Waals surface area contributed by atoms with Gasteiger partial charge in [0.1, 0.15) is 17.2 Å². The first-order valence-electron chi connectivity index (χ1n) is 11.6. The molecule has 0 unspecified atom stereocenters. The van der Waals surface area contributed by atoms with Crippen LogP contribution in [0.5, 0.6) is 17.2 Å². The monoisotopic (exact) mass is 438 g/mol. The van der Waals surface area contributed by atoms with Gasteiger partial charge in [-0.2, -0.15) is 0 Å². The second-order valence-electron chi connectivity index (χ2n) is 7.51. The average molecular weight is 439 g/mol. The van der Waals surface area contributed by atoms with Crippen molar-refractivity contribution in [1.82, 2.24) is 0 Å². The molecule has 0 aliphatic rings. The lowest BCUT2D eigenvalue weighted by Gasteiger charge is -2.26. The van der Waals surface area contributed by atoms with Gasteiger partial charge in [-0.05, 0) is 37.5 Å². The van der Waals surface area contributed by atoms with Crippen LogP contribution in [0.1, 0.15) is 20.8 Å². The van der Waals surface area contributed by atoms with Gasteiger partial charge in [-0.25, -0.2) is 0 Å². The molecule has 0 N–H and O–H groups in total. The molecule has 3 nitrogen and oxygen atoms in total. The molecule has 0 aliphatic heterocycles. The van der Waals surface area contributed by atoms with Crippen LogP contribution in [0.25, 0.3) is 33.4 Å². The van der Waals surface area contributed by atoms with E-state index < -0.39 is 0 Å². The summed E-state index contributed by atoms with van der Waals surface area (Å²) in [6.45, 7) is 7.62. The fourth-order valence-electron chi connectivity index (χ4n) is 4.15. The summed E-state index contributed by atoms with van der Waals surface area (Å²) >= 11 is 0. The van der Waals surface area contributed by atoms with E-state index in [9.17, 15) is 0 Å². The summed E-state index contributed by atoms with van der Waals surface area (Å²) in [5.74, 6) is 2.34. The molecule has 0 spiro atoms. The molecule has 0 saturated carbocycles. The molecule has 0 aromatic heterocycles. The molecule has 0 amide bonds. The first-order chi connectivity index (χ1) is 16.3. The van der Waals surface area contributed by atoms with Gasteiger partial charge in [-0.15, -0.1) is 0 Å². The largest absolute Gasteiger partial charge is 0.492 e. The third kappa shape index (κ3) is 4.58. The Kier molecular flexibility index (Phi) is 7.31. The van der Waals surface area contributed by atoms with Crippen LogP contribution in [0.4, 0.5) is 0 Å². The number of hydrogen-bond donors (Lipinski definition) is 0. The summed E-state index contributed by atoms with van der Waals surface area (Å²) in [5.41, 5.74) is 5.96. The zero-order valence-electron chi connectivity index (χ0n) is 19.5. The van der Waals surface area contributed by atoms with E-state index in [1.807, 2.05) is 75.4 Å². The molecular formula is C30H30O3. The van der Waals surface area contributed by atoms with Gasteiger partial charge in [0.15, 0.2) is 0 Å². The molecule has 33 heavy (non-hydrogen) atoms. The van der Waals surface area contributed by atoms with Crippen LogP contribution in [0, 0.1) is 0 Å².